The van der Waals surface area contributed by atoms with Crippen LogP contribution in [0.25, 0.3) is 10.9 Å². The summed E-state index contributed by atoms with van der Waals surface area (Å²) in [4.78, 5) is 12.5. The minimum Gasteiger partial charge on any atom is -0.493 e. The minimum atomic E-state index is -0.111. The van der Waals surface area contributed by atoms with Crippen molar-refractivity contribution in [3.05, 3.63) is 58.7 Å². The number of ether oxygens (including phenoxy) is 2. The highest BCUT2D eigenvalue weighted by atomic mass is 35.5. The molecular weight excluding hydrogens is 352 g/mol. The van der Waals surface area contributed by atoms with Gasteiger partial charge < -0.3 is 19.4 Å². The summed E-state index contributed by atoms with van der Waals surface area (Å²) in [5.74, 6) is 1.26. The Labute approximate surface area is 157 Å². The quantitative estimate of drug-likeness (QED) is 0.715. The molecule has 0 atom stereocenters. The molecule has 3 rings (SSSR count). The van der Waals surface area contributed by atoms with Gasteiger partial charge in [0.25, 0.3) is 5.91 Å². The van der Waals surface area contributed by atoms with Gasteiger partial charge in [0.1, 0.15) is 5.69 Å². The average molecular weight is 373 g/mol. The van der Waals surface area contributed by atoms with E-state index >= 15 is 0 Å². The molecule has 136 valence electrons. The van der Waals surface area contributed by atoms with Gasteiger partial charge in [0.15, 0.2) is 11.5 Å². The van der Waals surface area contributed by atoms with E-state index in [2.05, 4.69) is 5.32 Å². The molecule has 5 nitrogen and oxygen atoms in total. The van der Waals surface area contributed by atoms with Gasteiger partial charge in [0.05, 0.1) is 14.2 Å². The highest BCUT2D eigenvalue weighted by molar-refractivity contribution is 6.31. The number of carbonyl (C=O) groups is 1. The van der Waals surface area contributed by atoms with E-state index in [-0.39, 0.29) is 5.91 Å². The van der Waals surface area contributed by atoms with Gasteiger partial charge in [-0.15, -0.1) is 0 Å². The summed E-state index contributed by atoms with van der Waals surface area (Å²) in [6.07, 6.45) is 0.696. The van der Waals surface area contributed by atoms with Crippen LogP contribution in [0, 0.1) is 0 Å². The second-order valence-electron chi connectivity index (χ2n) is 5.99. The van der Waals surface area contributed by atoms with Crippen molar-refractivity contribution in [1.29, 1.82) is 0 Å². The maximum atomic E-state index is 12.5. The third-order valence-electron chi connectivity index (χ3n) is 4.39. The van der Waals surface area contributed by atoms with Crippen molar-refractivity contribution >= 4 is 28.4 Å². The number of methoxy groups -OCH3 is 2. The number of nitrogens with zero attached hydrogens (tertiary/aromatic N) is 1. The normalized spacial score (nSPS) is 10.8. The van der Waals surface area contributed by atoms with E-state index in [1.54, 1.807) is 14.2 Å². The number of aryl methyl sites for hydroxylation is 1. The maximum absolute atomic E-state index is 12.5. The molecule has 0 fully saturated rings. The number of halogens is 1. The molecule has 1 amide bonds. The zero-order valence-corrected chi connectivity index (χ0v) is 15.8. The fourth-order valence-electron chi connectivity index (χ4n) is 2.97. The molecule has 26 heavy (non-hydrogen) atoms. The number of hydrogen-bond donors (Lipinski definition) is 1. The molecule has 1 aromatic heterocycles. The zero-order valence-electron chi connectivity index (χ0n) is 15.0. The first-order valence-corrected chi connectivity index (χ1v) is 8.65. The lowest BCUT2D eigenvalue weighted by atomic mass is 10.1. The molecule has 0 unspecified atom stereocenters. The highest BCUT2D eigenvalue weighted by Crippen LogP contribution is 2.27. The van der Waals surface area contributed by atoms with E-state index in [1.807, 2.05) is 54.1 Å². The molecule has 0 bridgehead atoms. The molecular formula is C20H21ClN2O3. The van der Waals surface area contributed by atoms with E-state index in [9.17, 15) is 4.79 Å². The van der Waals surface area contributed by atoms with E-state index in [0.29, 0.717) is 35.2 Å². The number of fused-ring (bicyclic) bond motifs is 1. The van der Waals surface area contributed by atoms with Gasteiger partial charge >= 0.3 is 0 Å². The standard InChI is InChI=1S/C20H21ClN2O3/c1-23-16-12-15(21)6-5-14(16)11-17(23)20(24)22-9-8-13-4-7-18(25-2)19(10-13)26-3/h4-7,10-12H,8-9H2,1-3H3,(H,22,24). The lowest BCUT2D eigenvalue weighted by Gasteiger charge is -2.10. The summed E-state index contributed by atoms with van der Waals surface area (Å²) < 4.78 is 12.4. The monoisotopic (exact) mass is 372 g/mol. The molecule has 0 aliphatic carbocycles. The molecule has 0 spiro atoms. The van der Waals surface area contributed by atoms with Crippen LogP contribution in [0.4, 0.5) is 0 Å². The predicted molar refractivity (Wildman–Crippen MR) is 104 cm³/mol. The molecule has 1 N–H and O–H groups in total. The van der Waals surface area contributed by atoms with Crippen LogP contribution in [0.3, 0.4) is 0 Å². The summed E-state index contributed by atoms with van der Waals surface area (Å²) >= 11 is 6.04. The largest absolute Gasteiger partial charge is 0.493 e. The molecule has 1 heterocycles. The maximum Gasteiger partial charge on any atom is 0.267 e. The number of benzene rings is 2. The molecule has 6 heteroatoms. The molecule has 2 aromatic carbocycles. The Morgan fingerprint density at radius 2 is 1.85 bits per heavy atom. The number of rotatable bonds is 6. The first kappa shape index (κ1) is 18.1. The molecule has 0 saturated heterocycles. The number of aromatic nitrogens is 1. The SMILES string of the molecule is COc1ccc(CCNC(=O)c2cc3ccc(Cl)cc3n2C)cc1OC. The van der Waals surface area contributed by atoms with Gasteiger partial charge in [-0.2, -0.15) is 0 Å². The number of nitrogens with one attached hydrogen (secondary N) is 1. The fraction of sp³-hybridized carbons (Fsp3) is 0.250. The van der Waals surface area contributed by atoms with E-state index in [4.69, 9.17) is 21.1 Å². The van der Waals surface area contributed by atoms with Crippen LogP contribution in [-0.2, 0) is 13.5 Å². The van der Waals surface area contributed by atoms with Crippen LogP contribution in [0.2, 0.25) is 5.02 Å². The third kappa shape index (κ3) is 3.63. The first-order chi connectivity index (χ1) is 12.5. The van der Waals surface area contributed by atoms with Gasteiger partial charge in [-0.05, 0) is 42.3 Å². The van der Waals surface area contributed by atoms with E-state index in [0.717, 1.165) is 16.5 Å². The van der Waals surface area contributed by atoms with Crippen molar-refractivity contribution in [2.24, 2.45) is 7.05 Å². The van der Waals surface area contributed by atoms with Crippen LogP contribution >= 0.6 is 11.6 Å². The van der Waals surface area contributed by atoms with Crippen LogP contribution in [0.1, 0.15) is 16.1 Å². The number of hydrogen-bond acceptors (Lipinski definition) is 3. The minimum absolute atomic E-state index is 0.111. The topological polar surface area (TPSA) is 52.5 Å². The van der Waals surface area contributed by atoms with Crippen molar-refractivity contribution in [2.45, 2.75) is 6.42 Å². The van der Waals surface area contributed by atoms with Crippen LogP contribution in [-0.4, -0.2) is 31.2 Å². The summed E-state index contributed by atoms with van der Waals surface area (Å²) in [5.41, 5.74) is 2.60. The number of carbonyl (C=O) groups excluding carboxylic acids is 1. The van der Waals surface area contributed by atoms with Crippen LogP contribution in [0.15, 0.2) is 42.5 Å². The Balaban J connectivity index is 1.67. The second kappa shape index (κ2) is 7.70. The molecule has 0 aliphatic heterocycles. The summed E-state index contributed by atoms with van der Waals surface area (Å²) in [5, 5.41) is 4.60. The first-order valence-electron chi connectivity index (χ1n) is 8.27. The lowest BCUT2D eigenvalue weighted by Crippen LogP contribution is -2.27. The molecule has 0 aliphatic rings. The van der Waals surface area contributed by atoms with Crippen molar-refractivity contribution in [3.8, 4) is 11.5 Å². The summed E-state index contributed by atoms with van der Waals surface area (Å²) in [7, 11) is 5.08. The predicted octanol–water partition coefficient (Wildman–Crippen LogP) is 3.82. The number of amides is 1. The third-order valence-corrected chi connectivity index (χ3v) is 4.62. The smallest absolute Gasteiger partial charge is 0.267 e. The average Bonchev–Trinajstić information content (AvgIpc) is 2.97. The summed E-state index contributed by atoms with van der Waals surface area (Å²) in [6, 6.07) is 13.2. The van der Waals surface area contributed by atoms with Crippen LogP contribution < -0.4 is 14.8 Å². The van der Waals surface area contributed by atoms with Crippen molar-refractivity contribution < 1.29 is 14.3 Å². The van der Waals surface area contributed by atoms with Crippen molar-refractivity contribution in [1.82, 2.24) is 9.88 Å². The Morgan fingerprint density at radius 3 is 2.58 bits per heavy atom. The van der Waals surface area contributed by atoms with Crippen LogP contribution in [0.5, 0.6) is 11.5 Å². The van der Waals surface area contributed by atoms with Gasteiger partial charge in [-0.1, -0.05) is 23.7 Å². The van der Waals surface area contributed by atoms with Crippen molar-refractivity contribution in [2.75, 3.05) is 20.8 Å². The van der Waals surface area contributed by atoms with E-state index in [1.165, 1.54) is 0 Å². The molecule has 0 radical (unpaired) electrons. The Kier molecular flexibility index (Phi) is 5.38. The van der Waals surface area contributed by atoms with Gasteiger partial charge in [-0.25, -0.2) is 0 Å². The van der Waals surface area contributed by atoms with Crippen molar-refractivity contribution in [3.63, 3.8) is 0 Å². The molecule has 3 aromatic rings. The second-order valence-corrected chi connectivity index (χ2v) is 6.42. The van der Waals surface area contributed by atoms with Gasteiger partial charge in [0.2, 0.25) is 0 Å². The van der Waals surface area contributed by atoms with Gasteiger partial charge in [-0.3, -0.25) is 4.79 Å². The molecule has 0 saturated carbocycles. The van der Waals surface area contributed by atoms with E-state index < -0.39 is 0 Å². The Bertz CT molecular complexity index is 950. The Morgan fingerprint density at radius 1 is 1.08 bits per heavy atom. The summed E-state index contributed by atoms with van der Waals surface area (Å²) in [6.45, 7) is 0.524. The highest BCUT2D eigenvalue weighted by Gasteiger charge is 2.13. The van der Waals surface area contributed by atoms with Gasteiger partial charge in [0, 0.05) is 29.5 Å². The lowest BCUT2D eigenvalue weighted by molar-refractivity contribution is 0.0946. The zero-order chi connectivity index (χ0) is 18.7. The fourth-order valence-corrected chi connectivity index (χ4v) is 3.13. The Hall–Kier alpha value is -2.66.